The van der Waals surface area contributed by atoms with Gasteiger partial charge in [-0.25, -0.2) is 4.79 Å². The second kappa shape index (κ2) is 6.64. The predicted octanol–water partition coefficient (Wildman–Crippen LogP) is 3.02. The Morgan fingerprint density at radius 3 is 2.57 bits per heavy atom. The lowest BCUT2D eigenvalue weighted by atomic mass is 10.3. The molecule has 2 rings (SSSR count). The molecule has 0 spiro atoms. The van der Waals surface area contributed by atoms with Crippen LogP contribution < -0.4 is 15.4 Å². The number of ether oxygens (including phenoxy) is 1. The lowest BCUT2D eigenvalue weighted by Crippen LogP contribution is -2.28. The number of nitrogens with zero attached hydrogens (tertiary/aromatic N) is 2. The van der Waals surface area contributed by atoms with Crippen LogP contribution in [0.4, 0.5) is 10.5 Å². The summed E-state index contributed by atoms with van der Waals surface area (Å²) in [6, 6.07) is 2.61. The summed E-state index contributed by atoms with van der Waals surface area (Å²) < 4.78 is 9.81. The Morgan fingerprint density at radius 2 is 2.05 bits per heavy atom. The highest BCUT2D eigenvalue weighted by Crippen LogP contribution is 2.35. The van der Waals surface area contributed by atoms with E-state index >= 15 is 0 Å². The Balaban J connectivity index is 1.96. The van der Waals surface area contributed by atoms with Crippen LogP contribution in [-0.4, -0.2) is 23.3 Å². The molecule has 0 fully saturated rings. The molecule has 9 heteroatoms. The number of carbonyl (C=O) groups excluding carboxylic acids is 1. The van der Waals surface area contributed by atoms with E-state index in [4.69, 9.17) is 32.5 Å². The van der Waals surface area contributed by atoms with Crippen LogP contribution in [0, 0.1) is 6.92 Å². The number of amides is 2. The van der Waals surface area contributed by atoms with Crippen molar-refractivity contribution in [3.8, 4) is 5.75 Å². The van der Waals surface area contributed by atoms with Crippen LogP contribution in [0.1, 0.15) is 11.7 Å². The average Bonchev–Trinajstić information content (AvgIpc) is 2.82. The van der Waals surface area contributed by atoms with Crippen molar-refractivity contribution < 1.29 is 14.1 Å². The van der Waals surface area contributed by atoms with Gasteiger partial charge in [-0.1, -0.05) is 28.4 Å². The lowest BCUT2D eigenvalue weighted by molar-refractivity contribution is 0.251. The number of rotatable bonds is 4. The molecular formula is C12H12Cl2N4O3. The Bertz CT molecular complexity index is 637. The maximum atomic E-state index is 11.7. The summed E-state index contributed by atoms with van der Waals surface area (Å²) in [6.45, 7) is 1.80. The van der Waals surface area contributed by atoms with Crippen molar-refractivity contribution in [2.75, 3.05) is 12.4 Å². The van der Waals surface area contributed by atoms with Crippen molar-refractivity contribution in [1.29, 1.82) is 0 Å². The number of hydrogen-bond acceptors (Lipinski definition) is 5. The average molecular weight is 331 g/mol. The molecule has 21 heavy (non-hydrogen) atoms. The third-order valence-corrected chi connectivity index (χ3v) is 3.00. The lowest BCUT2D eigenvalue weighted by Gasteiger charge is -2.10. The molecular weight excluding hydrogens is 319 g/mol. The molecule has 112 valence electrons. The molecule has 0 atom stereocenters. The summed E-state index contributed by atoms with van der Waals surface area (Å²) in [5.74, 6) is 1.17. The number of hydrogen-bond donors (Lipinski definition) is 2. The fourth-order valence-electron chi connectivity index (χ4n) is 1.57. The van der Waals surface area contributed by atoms with Crippen LogP contribution in [0.15, 0.2) is 16.7 Å². The van der Waals surface area contributed by atoms with Gasteiger partial charge in [0, 0.05) is 12.6 Å². The minimum atomic E-state index is -0.449. The van der Waals surface area contributed by atoms with Gasteiger partial charge in [-0.15, -0.1) is 0 Å². The smallest absolute Gasteiger partial charge is 0.319 e. The molecule has 0 aliphatic heterocycles. The van der Waals surface area contributed by atoms with Crippen LogP contribution in [0.5, 0.6) is 5.75 Å². The van der Waals surface area contributed by atoms with Gasteiger partial charge in [0.1, 0.15) is 0 Å². The molecule has 2 N–H and O–H groups in total. The number of carbonyl (C=O) groups is 1. The maximum Gasteiger partial charge on any atom is 0.319 e. The van der Waals surface area contributed by atoms with E-state index in [9.17, 15) is 4.79 Å². The normalized spacial score (nSPS) is 10.3. The topological polar surface area (TPSA) is 89.3 Å². The van der Waals surface area contributed by atoms with Crippen LogP contribution >= 0.6 is 23.2 Å². The minimum absolute atomic E-state index is 0.140. The number of benzene rings is 1. The molecule has 0 saturated carbocycles. The Morgan fingerprint density at radius 1 is 1.38 bits per heavy atom. The summed E-state index contributed by atoms with van der Waals surface area (Å²) in [5, 5.41) is 9.43. The van der Waals surface area contributed by atoms with Crippen LogP contribution in [-0.2, 0) is 6.54 Å². The van der Waals surface area contributed by atoms with Crippen LogP contribution in [0.3, 0.4) is 0 Å². The highest BCUT2D eigenvalue weighted by molar-refractivity contribution is 6.37. The Kier molecular flexibility index (Phi) is 4.87. The van der Waals surface area contributed by atoms with E-state index in [1.165, 1.54) is 19.2 Å². The van der Waals surface area contributed by atoms with E-state index in [1.807, 2.05) is 0 Å². The van der Waals surface area contributed by atoms with Crippen molar-refractivity contribution in [3.05, 3.63) is 33.9 Å². The SMILES string of the molecule is COc1c(Cl)cc(NC(=O)NCc2noc(C)n2)cc1Cl. The van der Waals surface area contributed by atoms with E-state index in [2.05, 4.69) is 20.8 Å². The number of urea groups is 1. The van der Waals surface area contributed by atoms with Gasteiger partial charge < -0.3 is 19.9 Å². The van der Waals surface area contributed by atoms with E-state index in [1.54, 1.807) is 6.92 Å². The molecule has 2 aromatic rings. The van der Waals surface area contributed by atoms with Crippen molar-refractivity contribution in [1.82, 2.24) is 15.5 Å². The van der Waals surface area contributed by atoms with Gasteiger partial charge in [0.15, 0.2) is 11.6 Å². The molecule has 0 bridgehead atoms. The Hall–Kier alpha value is -1.99. The summed E-state index contributed by atoms with van der Waals surface area (Å²) in [6.07, 6.45) is 0. The first-order valence-electron chi connectivity index (χ1n) is 5.86. The minimum Gasteiger partial charge on any atom is -0.494 e. The van der Waals surface area contributed by atoms with Gasteiger partial charge in [0.05, 0.1) is 23.7 Å². The summed E-state index contributed by atoms with van der Waals surface area (Å²) >= 11 is 12.0. The first-order valence-corrected chi connectivity index (χ1v) is 6.62. The number of halogens is 2. The largest absolute Gasteiger partial charge is 0.494 e. The molecule has 0 unspecified atom stereocenters. The van der Waals surface area contributed by atoms with Crippen LogP contribution in [0.25, 0.3) is 0 Å². The van der Waals surface area contributed by atoms with Gasteiger partial charge in [-0.2, -0.15) is 4.98 Å². The standard InChI is InChI=1S/C12H12Cl2N4O3/c1-6-16-10(18-21-6)5-15-12(19)17-7-3-8(13)11(20-2)9(14)4-7/h3-4H,5H2,1-2H3,(H2,15,17,19). The predicted molar refractivity (Wildman–Crippen MR) is 77.9 cm³/mol. The number of anilines is 1. The summed E-state index contributed by atoms with van der Waals surface area (Å²) in [5.41, 5.74) is 0.438. The summed E-state index contributed by atoms with van der Waals surface area (Å²) in [7, 11) is 1.46. The van der Waals surface area contributed by atoms with E-state index in [0.29, 0.717) is 33.2 Å². The van der Waals surface area contributed by atoms with Gasteiger partial charge in [-0.05, 0) is 12.1 Å². The first-order chi connectivity index (χ1) is 9.99. The Labute approximate surface area is 130 Å². The maximum absolute atomic E-state index is 11.7. The van der Waals surface area contributed by atoms with Gasteiger partial charge in [-0.3, -0.25) is 0 Å². The molecule has 1 aromatic carbocycles. The van der Waals surface area contributed by atoms with E-state index < -0.39 is 6.03 Å². The molecule has 0 saturated heterocycles. The molecule has 2 amide bonds. The van der Waals surface area contributed by atoms with Gasteiger partial charge in [0.25, 0.3) is 0 Å². The molecule has 1 heterocycles. The van der Waals surface area contributed by atoms with Crippen molar-refractivity contribution >= 4 is 34.9 Å². The molecule has 0 aliphatic rings. The highest BCUT2D eigenvalue weighted by atomic mass is 35.5. The number of aryl methyl sites for hydroxylation is 1. The van der Waals surface area contributed by atoms with Crippen LogP contribution in [0.2, 0.25) is 10.0 Å². The number of nitrogens with one attached hydrogen (secondary N) is 2. The van der Waals surface area contributed by atoms with Crippen molar-refractivity contribution in [2.24, 2.45) is 0 Å². The third kappa shape index (κ3) is 3.99. The number of aromatic nitrogens is 2. The molecule has 0 aliphatic carbocycles. The van der Waals surface area contributed by atoms with Gasteiger partial charge in [0.2, 0.25) is 5.89 Å². The van der Waals surface area contributed by atoms with Crippen molar-refractivity contribution in [2.45, 2.75) is 13.5 Å². The zero-order valence-electron chi connectivity index (χ0n) is 11.2. The first kappa shape index (κ1) is 15.4. The zero-order chi connectivity index (χ0) is 15.4. The number of methoxy groups -OCH3 is 1. The summed E-state index contributed by atoms with van der Waals surface area (Å²) in [4.78, 5) is 15.7. The van der Waals surface area contributed by atoms with Crippen molar-refractivity contribution in [3.63, 3.8) is 0 Å². The molecule has 7 nitrogen and oxygen atoms in total. The fourth-order valence-corrected chi connectivity index (χ4v) is 2.22. The fraction of sp³-hybridized carbons (Fsp3) is 0.250. The third-order valence-electron chi connectivity index (χ3n) is 2.44. The highest BCUT2D eigenvalue weighted by Gasteiger charge is 2.11. The second-order valence-corrected chi connectivity index (χ2v) is 4.82. The second-order valence-electron chi connectivity index (χ2n) is 4.01. The van der Waals surface area contributed by atoms with E-state index in [0.717, 1.165) is 0 Å². The zero-order valence-corrected chi connectivity index (χ0v) is 12.7. The molecule has 1 aromatic heterocycles. The van der Waals surface area contributed by atoms with E-state index in [-0.39, 0.29) is 6.54 Å². The monoisotopic (exact) mass is 330 g/mol. The quantitative estimate of drug-likeness (QED) is 0.899. The molecule has 0 radical (unpaired) electrons. The van der Waals surface area contributed by atoms with Gasteiger partial charge >= 0.3 is 6.03 Å².